The Bertz CT molecular complexity index is 971. The van der Waals surface area contributed by atoms with Crippen molar-refractivity contribution < 1.29 is 13.9 Å². The summed E-state index contributed by atoms with van der Waals surface area (Å²) in [5.41, 5.74) is 1.44. The van der Waals surface area contributed by atoms with Gasteiger partial charge in [0.05, 0.1) is 25.8 Å². The lowest BCUT2D eigenvalue weighted by Gasteiger charge is -2.04. The number of imidazole rings is 1. The van der Waals surface area contributed by atoms with Crippen LogP contribution in [0.4, 0.5) is 0 Å². The van der Waals surface area contributed by atoms with Gasteiger partial charge in [-0.2, -0.15) is 0 Å². The van der Waals surface area contributed by atoms with Gasteiger partial charge >= 0.3 is 0 Å². The van der Waals surface area contributed by atoms with E-state index in [-0.39, 0.29) is 0 Å². The molecule has 8 heteroatoms. The minimum absolute atomic E-state index is 0.676. The van der Waals surface area contributed by atoms with E-state index in [1.54, 1.807) is 41.8 Å². The number of furan rings is 1. The lowest BCUT2D eigenvalue weighted by Crippen LogP contribution is -1.86. The highest BCUT2D eigenvalue weighted by Crippen LogP contribution is 2.37. The van der Waals surface area contributed by atoms with Crippen molar-refractivity contribution in [3.05, 3.63) is 24.4 Å². The van der Waals surface area contributed by atoms with Gasteiger partial charge in [-0.3, -0.25) is 0 Å². The molecule has 0 aliphatic heterocycles. The van der Waals surface area contributed by atoms with Gasteiger partial charge < -0.3 is 13.9 Å². The molecule has 23 heavy (non-hydrogen) atoms. The second-order valence-corrected chi connectivity index (χ2v) is 6.79. The third-order valence-corrected chi connectivity index (χ3v) is 5.38. The molecule has 0 aliphatic rings. The molecule has 4 rings (SSSR count). The normalized spacial score (nSPS) is 11.4. The van der Waals surface area contributed by atoms with E-state index >= 15 is 0 Å². The Hall–Kier alpha value is -2.19. The molecule has 0 aliphatic carbocycles. The minimum Gasteiger partial charge on any atom is -0.496 e. The van der Waals surface area contributed by atoms with E-state index in [1.165, 1.54) is 0 Å². The van der Waals surface area contributed by atoms with Crippen LogP contribution in [-0.4, -0.2) is 35.1 Å². The Morgan fingerprint density at radius 3 is 2.78 bits per heavy atom. The van der Waals surface area contributed by atoms with Crippen molar-refractivity contribution in [3.8, 4) is 23.0 Å². The summed E-state index contributed by atoms with van der Waals surface area (Å²) in [6, 6.07) is 5.60. The van der Waals surface area contributed by atoms with Crippen LogP contribution in [0.2, 0.25) is 0 Å². The molecule has 0 amide bonds. The van der Waals surface area contributed by atoms with Crippen molar-refractivity contribution >= 4 is 39.0 Å². The van der Waals surface area contributed by atoms with Crippen LogP contribution < -0.4 is 9.47 Å². The highest BCUT2D eigenvalue weighted by atomic mass is 32.2. The third-order valence-electron chi connectivity index (χ3n) is 3.48. The van der Waals surface area contributed by atoms with Crippen LogP contribution in [0.5, 0.6) is 11.5 Å². The first-order valence-electron chi connectivity index (χ1n) is 6.78. The molecule has 0 saturated heterocycles. The lowest BCUT2D eigenvalue weighted by molar-refractivity contribution is 0.397. The number of thioether (sulfide) groups is 1. The molecule has 0 radical (unpaired) electrons. The van der Waals surface area contributed by atoms with Crippen LogP contribution in [-0.2, 0) is 0 Å². The lowest BCUT2D eigenvalue weighted by atomic mass is 10.2. The SMILES string of the molecule is COc1cc(OC)c2cc(-c3cn4nc(SC)sc4n3)oc2c1. The summed E-state index contributed by atoms with van der Waals surface area (Å²) in [7, 11) is 3.24. The first kappa shape index (κ1) is 14.4. The molecule has 3 heterocycles. The van der Waals surface area contributed by atoms with Gasteiger partial charge in [-0.15, -0.1) is 5.10 Å². The van der Waals surface area contributed by atoms with Crippen molar-refractivity contribution in [2.45, 2.75) is 4.34 Å². The number of hydrogen-bond acceptors (Lipinski definition) is 7. The predicted octanol–water partition coefficient (Wildman–Crippen LogP) is 3.94. The van der Waals surface area contributed by atoms with E-state index < -0.39 is 0 Å². The fourth-order valence-electron chi connectivity index (χ4n) is 2.38. The molecule has 0 bridgehead atoms. The van der Waals surface area contributed by atoms with E-state index in [0.29, 0.717) is 22.8 Å². The van der Waals surface area contributed by atoms with Gasteiger partial charge in [0, 0.05) is 12.1 Å². The van der Waals surface area contributed by atoms with Gasteiger partial charge in [0.2, 0.25) is 4.96 Å². The van der Waals surface area contributed by atoms with Crippen molar-refractivity contribution in [2.75, 3.05) is 20.5 Å². The number of hydrogen-bond donors (Lipinski definition) is 0. The molecule has 0 fully saturated rings. The Kier molecular flexibility index (Phi) is 3.42. The van der Waals surface area contributed by atoms with Crippen molar-refractivity contribution in [1.29, 1.82) is 0 Å². The number of ether oxygens (including phenoxy) is 2. The molecular formula is C15H13N3O3S2. The summed E-state index contributed by atoms with van der Waals surface area (Å²) in [4.78, 5) is 5.43. The first-order chi connectivity index (χ1) is 11.2. The van der Waals surface area contributed by atoms with E-state index in [1.807, 2.05) is 30.7 Å². The molecule has 0 unspecified atom stereocenters. The molecule has 4 aromatic rings. The van der Waals surface area contributed by atoms with Crippen LogP contribution in [0.15, 0.2) is 33.2 Å². The number of fused-ring (bicyclic) bond motifs is 2. The summed E-state index contributed by atoms with van der Waals surface area (Å²) in [5, 5.41) is 5.33. The van der Waals surface area contributed by atoms with Crippen molar-refractivity contribution in [3.63, 3.8) is 0 Å². The van der Waals surface area contributed by atoms with Crippen LogP contribution in [0.3, 0.4) is 0 Å². The van der Waals surface area contributed by atoms with Gasteiger partial charge in [-0.25, -0.2) is 9.50 Å². The number of benzene rings is 1. The fourth-order valence-corrected chi connectivity index (χ4v) is 3.72. The number of aromatic nitrogens is 3. The highest BCUT2D eigenvalue weighted by molar-refractivity contribution is 8.00. The molecule has 0 spiro atoms. The molecule has 0 N–H and O–H groups in total. The van der Waals surface area contributed by atoms with E-state index in [2.05, 4.69) is 10.1 Å². The quantitative estimate of drug-likeness (QED) is 0.521. The van der Waals surface area contributed by atoms with E-state index in [0.717, 1.165) is 20.4 Å². The molecule has 6 nitrogen and oxygen atoms in total. The summed E-state index contributed by atoms with van der Waals surface area (Å²) in [6.07, 6.45) is 3.87. The van der Waals surface area contributed by atoms with Gasteiger partial charge in [0.15, 0.2) is 10.1 Å². The van der Waals surface area contributed by atoms with Crippen LogP contribution in [0.25, 0.3) is 27.4 Å². The molecule has 3 aromatic heterocycles. The van der Waals surface area contributed by atoms with Crippen LogP contribution in [0.1, 0.15) is 0 Å². The Morgan fingerprint density at radius 1 is 1.22 bits per heavy atom. The first-order valence-corrected chi connectivity index (χ1v) is 8.82. The smallest absolute Gasteiger partial charge is 0.213 e. The molecule has 0 saturated carbocycles. The molecule has 0 atom stereocenters. The third kappa shape index (κ3) is 2.34. The Balaban J connectivity index is 1.84. The number of methoxy groups -OCH3 is 2. The molecule has 1 aromatic carbocycles. The second-order valence-electron chi connectivity index (χ2n) is 4.78. The zero-order chi connectivity index (χ0) is 16.0. The maximum absolute atomic E-state index is 5.93. The van der Waals surface area contributed by atoms with Gasteiger partial charge in [-0.05, 0) is 12.3 Å². The standard InChI is InChI=1S/C15H13N3O3S2/c1-19-8-4-11(20-2)9-6-13(21-12(9)5-8)10-7-18-14(16-10)23-15(17-18)22-3/h4-7H,1-3H3. The van der Waals surface area contributed by atoms with Gasteiger partial charge in [0.1, 0.15) is 22.8 Å². The Morgan fingerprint density at radius 2 is 2.09 bits per heavy atom. The highest BCUT2D eigenvalue weighted by Gasteiger charge is 2.16. The zero-order valence-corrected chi connectivity index (χ0v) is 14.3. The largest absolute Gasteiger partial charge is 0.496 e. The average molecular weight is 347 g/mol. The molecular weight excluding hydrogens is 334 g/mol. The maximum Gasteiger partial charge on any atom is 0.213 e. The number of nitrogens with zero attached hydrogens (tertiary/aromatic N) is 3. The Labute approximate surface area is 140 Å². The predicted molar refractivity (Wildman–Crippen MR) is 91.0 cm³/mol. The second kappa shape index (κ2) is 5.47. The topological polar surface area (TPSA) is 61.8 Å². The van der Waals surface area contributed by atoms with Crippen molar-refractivity contribution in [1.82, 2.24) is 14.6 Å². The van der Waals surface area contributed by atoms with Crippen LogP contribution in [0, 0.1) is 0 Å². The van der Waals surface area contributed by atoms with Crippen LogP contribution >= 0.6 is 23.1 Å². The number of rotatable bonds is 4. The van der Waals surface area contributed by atoms with Gasteiger partial charge in [0.25, 0.3) is 0 Å². The monoisotopic (exact) mass is 347 g/mol. The minimum atomic E-state index is 0.676. The summed E-state index contributed by atoms with van der Waals surface area (Å²) < 4.78 is 19.4. The summed E-state index contributed by atoms with van der Waals surface area (Å²) in [5.74, 6) is 2.07. The maximum atomic E-state index is 5.93. The molecule has 118 valence electrons. The zero-order valence-electron chi connectivity index (χ0n) is 12.7. The van der Waals surface area contributed by atoms with E-state index in [4.69, 9.17) is 13.9 Å². The van der Waals surface area contributed by atoms with Gasteiger partial charge in [-0.1, -0.05) is 23.1 Å². The fraction of sp³-hybridized carbons (Fsp3) is 0.200. The van der Waals surface area contributed by atoms with Crippen molar-refractivity contribution in [2.24, 2.45) is 0 Å². The summed E-state index contributed by atoms with van der Waals surface area (Å²) in [6.45, 7) is 0. The van der Waals surface area contributed by atoms with E-state index in [9.17, 15) is 0 Å². The summed E-state index contributed by atoms with van der Waals surface area (Å²) >= 11 is 3.16. The average Bonchev–Trinajstić information content (AvgIpc) is 3.24.